The number of methoxy groups -OCH3 is 1. The molecule has 1 saturated carbocycles. The minimum Gasteiger partial charge on any atom is -0.495 e. The number of morpholine rings is 1. The van der Waals surface area contributed by atoms with E-state index in [2.05, 4.69) is 20.6 Å². The largest absolute Gasteiger partial charge is 0.495 e. The van der Waals surface area contributed by atoms with Gasteiger partial charge in [0.25, 0.3) is 0 Å². The molecule has 0 atom stereocenters. The molecule has 3 N–H and O–H groups in total. The van der Waals surface area contributed by atoms with Gasteiger partial charge in [0.2, 0.25) is 16.0 Å². The van der Waals surface area contributed by atoms with E-state index in [0.29, 0.717) is 49.7 Å². The number of nitrogens with zero attached hydrogens (tertiary/aromatic N) is 3. The number of anilines is 3. The monoisotopic (exact) mass is 500 g/mol. The maximum absolute atomic E-state index is 13.1. The molecule has 2 fully saturated rings. The second kappa shape index (κ2) is 10.00. The fourth-order valence-corrected chi connectivity index (χ4v) is 6.20. The summed E-state index contributed by atoms with van der Waals surface area (Å²) in [6.07, 6.45) is 7.92. The van der Waals surface area contributed by atoms with Crippen LogP contribution in [-0.2, 0) is 14.8 Å². The predicted molar refractivity (Wildman–Crippen MR) is 135 cm³/mol. The van der Waals surface area contributed by atoms with Gasteiger partial charge in [-0.25, -0.2) is 8.42 Å². The lowest BCUT2D eigenvalue weighted by Crippen LogP contribution is -2.40. The summed E-state index contributed by atoms with van der Waals surface area (Å²) in [7, 11) is -2.12. The molecular weight excluding hydrogens is 468 g/mol. The van der Waals surface area contributed by atoms with Crippen LogP contribution in [0.25, 0.3) is 11.0 Å². The first-order valence-electron chi connectivity index (χ1n) is 12.1. The van der Waals surface area contributed by atoms with Crippen LogP contribution >= 0.6 is 0 Å². The summed E-state index contributed by atoms with van der Waals surface area (Å²) in [6, 6.07) is 5.19. The van der Waals surface area contributed by atoms with Crippen LogP contribution in [0.5, 0.6) is 5.75 Å². The maximum atomic E-state index is 13.1. The number of aromatic amines is 1. The molecule has 2 aliphatic rings. The number of aryl methyl sites for hydroxylation is 1. The molecule has 1 saturated heterocycles. The highest BCUT2D eigenvalue weighted by Crippen LogP contribution is 2.33. The molecule has 11 heteroatoms. The molecule has 0 amide bonds. The van der Waals surface area contributed by atoms with Gasteiger partial charge in [-0.05, 0) is 37.5 Å². The minimum absolute atomic E-state index is 0.179. The van der Waals surface area contributed by atoms with Gasteiger partial charge in [0.1, 0.15) is 17.2 Å². The van der Waals surface area contributed by atoms with Crippen LogP contribution in [0.1, 0.15) is 37.7 Å². The number of fused-ring (bicyclic) bond motifs is 1. The standard InChI is InChI=1S/C24H32N6O4S/c1-16-15-25-22-21(16)23(26-17-6-4-3-5-7-17)29-24(28-22)27-19-9-8-18(14-20(19)33-2)35(31,32)30-10-12-34-13-11-30/h8-9,14-15,17H,3-7,10-13H2,1-2H3,(H3,25,26,27,28,29). The normalized spacial score (nSPS) is 18.0. The van der Waals surface area contributed by atoms with E-state index in [0.717, 1.165) is 35.3 Å². The Kier molecular flexibility index (Phi) is 6.81. The fraction of sp³-hybridized carbons (Fsp3) is 0.500. The summed E-state index contributed by atoms with van der Waals surface area (Å²) < 4.78 is 38.4. The molecule has 0 spiro atoms. The second-order valence-corrected chi connectivity index (χ2v) is 11.0. The number of hydrogen-bond donors (Lipinski definition) is 3. The smallest absolute Gasteiger partial charge is 0.243 e. The van der Waals surface area contributed by atoms with Gasteiger partial charge in [0.05, 0.1) is 36.3 Å². The molecular formula is C24H32N6O4S. The van der Waals surface area contributed by atoms with E-state index < -0.39 is 10.0 Å². The van der Waals surface area contributed by atoms with Crippen molar-refractivity contribution < 1.29 is 17.9 Å². The van der Waals surface area contributed by atoms with Crippen LogP contribution in [0.15, 0.2) is 29.3 Å². The summed E-state index contributed by atoms with van der Waals surface area (Å²) in [5.41, 5.74) is 2.41. The Morgan fingerprint density at radius 3 is 2.66 bits per heavy atom. The second-order valence-electron chi connectivity index (χ2n) is 9.07. The van der Waals surface area contributed by atoms with Crippen LogP contribution in [0.2, 0.25) is 0 Å². The van der Waals surface area contributed by atoms with Crippen molar-refractivity contribution in [2.75, 3.05) is 44.0 Å². The predicted octanol–water partition coefficient (Wildman–Crippen LogP) is 3.78. The number of nitrogens with one attached hydrogen (secondary N) is 3. The maximum Gasteiger partial charge on any atom is 0.243 e. The molecule has 0 unspecified atom stereocenters. The molecule has 3 aromatic rings. The van der Waals surface area contributed by atoms with E-state index in [1.807, 2.05) is 13.1 Å². The molecule has 5 rings (SSSR count). The lowest BCUT2D eigenvalue weighted by Gasteiger charge is -2.26. The highest BCUT2D eigenvalue weighted by atomic mass is 32.2. The van der Waals surface area contributed by atoms with Gasteiger partial charge in [-0.3, -0.25) is 0 Å². The molecule has 10 nitrogen and oxygen atoms in total. The molecule has 0 bridgehead atoms. The first-order chi connectivity index (χ1) is 17.0. The summed E-state index contributed by atoms with van der Waals surface area (Å²) >= 11 is 0. The van der Waals surface area contributed by atoms with Crippen molar-refractivity contribution in [3.05, 3.63) is 30.0 Å². The molecule has 1 aliphatic carbocycles. The first kappa shape index (κ1) is 23.8. The van der Waals surface area contributed by atoms with E-state index in [1.54, 1.807) is 12.1 Å². The van der Waals surface area contributed by atoms with Crippen molar-refractivity contribution in [2.45, 2.75) is 50.0 Å². The highest BCUT2D eigenvalue weighted by molar-refractivity contribution is 7.89. The Labute approximate surface area is 205 Å². The quantitative estimate of drug-likeness (QED) is 0.448. The van der Waals surface area contributed by atoms with Crippen LogP contribution in [0.3, 0.4) is 0 Å². The summed E-state index contributed by atoms with van der Waals surface area (Å²) in [5.74, 6) is 1.60. The summed E-state index contributed by atoms with van der Waals surface area (Å²) in [5, 5.41) is 7.84. The minimum atomic E-state index is -3.63. The summed E-state index contributed by atoms with van der Waals surface area (Å²) in [6.45, 7) is 3.50. The van der Waals surface area contributed by atoms with Crippen molar-refractivity contribution in [3.8, 4) is 5.75 Å². The van der Waals surface area contributed by atoms with Crippen molar-refractivity contribution in [2.24, 2.45) is 0 Å². The van der Waals surface area contributed by atoms with E-state index in [9.17, 15) is 8.42 Å². The Bertz CT molecular complexity index is 1300. The van der Waals surface area contributed by atoms with Crippen LogP contribution in [-0.4, -0.2) is 67.1 Å². The van der Waals surface area contributed by atoms with Gasteiger partial charge < -0.3 is 25.1 Å². The average molecular weight is 501 g/mol. The number of sulfonamides is 1. The number of rotatable bonds is 7. The zero-order chi connectivity index (χ0) is 24.4. The number of hydrogen-bond acceptors (Lipinski definition) is 8. The Morgan fingerprint density at radius 1 is 1.14 bits per heavy atom. The third-order valence-electron chi connectivity index (χ3n) is 6.70. The lowest BCUT2D eigenvalue weighted by atomic mass is 9.95. The van der Waals surface area contributed by atoms with Gasteiger partial charge in [0.15, 0.2) is 0 Å². The molecule has 2 aromatic heterocycles. The first-order valence-corrected chi connectivity index (χ1v) is 13.5. The molecule has 1 aliphatic heterocycles. The molecule has 3 heterocycles. The molecule has 35 heavy (non-hydrogen) atoms. The zero-order valence-corrected chi connectivity index (χ0v) is 21.0. The number of aromatic nitrogens is 3. The van der Waals surface area contributed by atoms with Gasteiger partial charge in [-0.1, -0.05) is 19.3 Å². The Hall–Kier alpha value is -2.89. The van der Waals surface area contributed by atoms with E-state index in [1.165, 1.54) is 36.7 Å². The van der Waals surface area contributed by atoms with Crippen LogP contribution in [0, 0.1) is 6.92 Å². The fourth-order valence-electron chi connectivity index (χ4n) is 4.78. The van der Waals surface area contributed by atoms with Gasteiger partial charge in [-0.15, -0.1) is 0 Å². The molecule has 0 radical (unpaired) electrons. The number of benzene rings is 1. The van der Waals surface area contributed by atoms with Crippen molar-refractivity contribution in [1.82, 2.24) is 19.3 Å². The average Bonchev–Trinajstić information content (AvgIpc) is 3.26. The Morgan fingerprint density at radius 2 is 1.91 bits per heavy atom. The van der Waals surface area contributed by atoms with Crippen molar-refractivity contribution in [3.63, 3.8) is 0 Å². The van der Waals surface area contributed by atoms with Crippen LogP contribution < -0.4 is 15.4 Å². The van der Waals surface area contributed by atoms with Crippen molar-refractivity contribution in [1.29, 1.82) is 0 Å². The Balaban J connectivity index is 1.44. The molecule has 188 valence electrons. The lowest BCUT2D eigenvalue weighted by molar-refractivity contribution is 0.0730. The van der Waals surface area contributed by atoms with Gasteiger partial charge in [0, 0.05) is 31.4 Å². The highest BCUT2D eigenvalue weighted by Gasteiger charge is 2.27. The number of H-pyrrole nitrogens is 1. The third-order valence-corrected chi connectivity index (χ3v) is 8.60. The third kappa shape index (κ3) is 4.93. The molecule has 1 aromatic carbocycles. The SMILES string of the molecule is COc1cc(S(=O)(=O)N2CCOCC2)ccc1Nc1nc(NC2CCCCC2)c2c(C)c[nH]c2n1. The van der Waals surface area contributed by atoms with Crippen molar-refractivity contribution >= 4 is 38.5 Å². The van der Waals surface area contributed by atoms with E-state index in [-0.39, 0.29) is 4.90 Å². The summed E-state index contributed by atoms with van der Waals surface area (Å²) in [4.78, 5) is 12.9. The number of ether oxygens (including phenoxy) is 2. The van der Waals surface area contributed by atoms with E-state index >= 15 is 0 Å². The van der Waals surface area contributed by atoms with Crippen LogP contribution in [0.4, 0.5) is 17.5 Å². The van der Waals surface area contributed by atoms with Gasteiger partial charge >= 0.3 is 0 Å². The zero-order valence-electron chi connectivity index (χ0n) is 20.1. The van der Waals surface area contributed by atoms with E-state index in [4.69, 9.17) is 14.5 Å². The van der Waals surface area contributed by atoms with Gasteiger partial charge in [-0.2, -0.15) is 14.3 Å². The topological polar surface area (TPSA) is 121 Å².